The van der Waals surface area contributed by atoms with Crippen molar-refractivity contribution in [2.75, 3.05) is 12.3 Å². The van der Waals surface area contributed by atoms with Crippen LogP contribution in [0.15, 0.2) is 35.3 Å². The van der Waals surface area contributed by atoms with E-state index in [1.54, 1.807) is 25.3 Å². The SMILES string of the molecule is Cc1ncc(CO)c(CN2CCc3nc(-c4ccc(N)cc4)[nH]c(=O)c3C2)c1O. The maximum atomic E-state index is 12.7. The van der Waals surface area contributed by atoms with Gasteiger partial charge in [0.2, 0.25) is 0 Å². The van der Waals surface area contributed by atoms with Gasteiger partial charge in [-0.2, -0.15) is 0 Å². The number of aromatic hydroxyl groups is 1. The number of aromatic amines is 1. The van der Waals surface area contributed by atoms with Crippen LogP contribution in [-0.4, -0.2) is 36.6 Å². The number of fused-ring (bicyclic) bond motifs is 1. The smallest absolute Gasteiger partial charge is 0.255 e. The molecule has 1 aliphatic heterocycles. The quantitative estimate of drug-likeness (QED) is 0.494. The first kappa shape index (κ1) is 19.1. The zero-order valence-corrected chi connectivity index (χ0v) is 16.1. The van der Waals surface area contributed by atoms with Crippen LogP contribution in [0.4, 0.5) is 5.69 Å². The lowest BCUT2D eigenvalue weighted by Gasteiger charge is -2.28. The number of aliphatic hydroxyl groups is 1. The molecule has 3 heterocycles. The van der Waals surface area contributed by atoms with Gasteiger partial charge >= 0.3 is 0 Å². The van der Waals surface area contributed by atoms with E-state index in [4.69, 9.17) is 5.73 Å². The van der Waals surface area contributed by atoms with Crippen LogP contribution in [0.3, 0.4) is 0 Å². The Hall–Kier alpha value is -3.23. The number of aromatic nitrogens is 3. The van der Waals surface area contributed by atoms with E-state index in [1.807, 2.05) is 12.1 Å². The van der Waals surface area contributed by atoms with E-state index in [0.29, 0.717) is 60.0 Å². The van der Waals surface area contributed by atoms with Crippen molar-refractivity contribution in [1.82, 2.24) is 19.9 Å². The van der Waals surface area contributed by atoms with Crippen LogP contribution in [0.5, 0.6) is 5.75 Å². The minimum absolute atomic E-state index is 0.0908. The average Bonchev–Trinajstić information content (AvgIpc) is 2.72. The van der Waals surface area contributed by atoms with Crippen molar-refractivity contribution in [2.24, 2.45) is 0 Å². The summed E-state index contributed by atoms with van der Waals surface area (Å²) in [6.07, 6.45) is 2.20. The van der Waals surface area contributed by atoms with E-state index in [9.17, 15) is 15.0 Å². The molecule has 0 bridgehead atoms. The maximum absolute atomic E-state index is 12.7. The van der Waals surface area contributed by atoms with Gasteiger partial charge < -0.3 is 20.9 Å². The van der Waals surface area contributed by atoms with Crippen LogP contribution < -0.4 is 11.3 Å². The van der Waals surface area contributed by atoms with Gasteiger partial charge in [0.1, 0.15) is 11.6 Å². The van der Waals surface area contributed by atoms with Gasteiger partial charge in [-0.25, -0.2) is 4.98 Å². The second kappa shape index (κ2) is 7.65. The molecule has 0 spiro atoms. The number of hydrogen-bond acceptors (Lipinski definition) is 7. The largest absolute Gasteiger partial charge is 0.506 e. The molecule has 0 radical (unpaired) electrons. The monoisotopic (exact) mass is 393 g/mol. The van der Waals surface area contributed by atoms with Crippen LogP contribution in [0.2, 0.25) is 0 Å². The fourth-order valence-corrected chi connectivity index (χ4v) is 3.61. The van der Waals surface area contributed by atoms with Gasteiger partial charge in [-0.1, -0.05) is 0 Å². The lowest BCUT2D eigenvalue weighted by Crippen LogP contribution is -2.35. The summed E-state index contributed by atoms with van der Waals surface area (Å²) < 4.78 is 0. The van der Waals surface area contributed by atoms with Crippen molar-refractivity contribution < 1.29 is 10.2 Å². The van der Waals surface area contributed by atoms with Crippen molar-refractivity contribution >= 4 is 5.69 Å². The highest BCUT2D eigenvalue weighted by molar-refractivity contribution is 5.58. The molecule has 0 aliphatic carbocycles. The van der Waals surface area contributed by atoms with Gasteiger partial charge in [-0.05, 0) is 31.2 Å². The van der Waals surface area contributed by atoms with Crippen LogP contribution in [0.25, 0.3) is 11.4 Å². The molecular weight excluding hydrogens is 370 g/mol. The number of rotatable bonds is 4. The molecule has 8 nitrogen and oxygen atoms in total. The lowest BCUT2D eigenvalue weighted by molar-refractivity contribution is 0.232. The second-order valence-corrected chi connectivity index (χ2v) is 7.28. The lowest BCUT2D eigenvalue weighted by atomic mass is 10.0. The topological polar surface area (TPSA) is 128 Å². The number of nitrogens with zero attached hydrogens (tertiary/aromatic N) is 3. The summed E-state index contributed by atoms with van der Waals surface area (Å²) >= 11 is 0. The van der Waals surface area contributed by atoms with Crippen LogP contribution >= 0.6 is 0 Å². The Labute approximate surface area is 167 Å². The summed E-state index contributed by atoms with van der Waals surface area (Å²) in [5.74, 6) is 0.625. The van der Waals surface area contributed by atoms with Crippen molar-refractivity contribution in [3.63, 3.8) is 0 Å². The zero-order chi connectivity index (χ0) is 20.5. The number of hydrogen-bond donors (Lipinski definition) is 4. The molecule has 2 aromatic heterocycles. The molecule has 0 fully saturated rings. The van der Waals surface area contributed by atoms with Gasteiger partial charge in [0.05, 0.1) is 23.6 Å². The normalized spacial score (nSPS) is 14.0. The maximum Gasteiger partial charge on any atom is 0.255 e. The van der Waals surface area contributed by atoms with Crippen molar-refractivity contribution in [2.45, 2.75) is 33.0 Å². The number of nitrogens with two attached hydrogens (primary N) is 1. The van der Waals surface area contributed by atoms with Crippen LogP contribution in [0.1, 0.15) is 28.1 Å². The molecule has 0 saturated carbocycles. The highest BCUT2D eigenvalue weighted by atomic mass is 16.3. The first-order valence-corrected chi connectivity index (χ1v) is 9.43. The van der Waals surface area contributed by atoms with Crippen molar-refractivity contribution in [1.29, 1.82) is 0 Å². The summed E-state index contributed by atoms with van der Waals surface area (Å²) in [6, 6.07) is 7.22. The Morgan fingerprint density at radius 3 is 2.76 bits per heavy atom. The first-order valence-electron chi connectivity index (χ1n) is 9.43. The number of nitrogens with one attached hydrogen (secondary N) is 1. The molecule has 3 aromatic rings. The molecule has 1 aliphatic rings. The Morgan fingerprint density at radius 1 is 1.28 bits per heavy atom. The number of pyridine rings is 1. The fraction of sp³-hybridized carbons (Fsp3) is 0.286. The molecule has 1 aromatic carbocycles. The minimum Gasteiger partial charge on any atom is -0.506 e. The van der Waals surface area contributed by atoms with Gasteiger partial charge in [0.25, 0.3) is 5.56 Å². The van der Waals surface area contributed by atoms with E-state index in [2.05, 4.69) is 19.9 Å². The molecule has 0 saturated heterocycles. The summed E-state index contributed by atoms with van der Waals surface area (Å²) in [5, 5.41) is 20.0. The highest BCUT2D eigenvalue weighted by Gasteiger charge is 2.23. The number of nitrogen functional groups attached to an aromatic ring is 1. The average molecular weight is 393 g/mol. The first-order chi connectivity index (χ1) is 14.0. The van der Waals surface area contributed by atoms with E-state index in [1.165, 1.54) is 0 Å². The molecule has 0 amide bonds. The third-order valence-electron chi connectivity index (χ3n) is 5.31. The van der Waals surface area contributed by atoms with Gasteiger partial charge in [0, 0.05) is 54.6 Å². The molecule has 150 valence electrons. The molecular formula is C21H23N5O3. The van der Waals surface area contributed by atoms with E-state index >= 15 is 0 Å². The third kappa shape index (κ3) is 3.72. The Kier molecular flexibility index (Phi) is 5.04. The molecule has 0 unspecified atom stereocenters. The summed E-state index contributed by atoms with van der Waals surface area (Å²) in [6.45, 7) is 3.05. The molecule has 8 heteroatoms. The summed E-state index contributed by atoms with van der Waals surface area (Å²) in [7, 11) is 0. The van der Waals surface area contributed by atoms with E-state index in [0.717, 1.165) is 11.3 Å². The molecule has 5 N–H and O–H groups in total. The number of aryl methyl sites for hydroxylation is 1. The highest BCUT2D eigenvalue weighted by Crippen LogP contribution is 2.27. The zero-order valence-electron chi connectivity index (χ0n) is 16.1. The number of benzene rings is 1. The number of aliphatic hydroxyl groups excluding tert-OH is 1. The fourth-order valence-electron chi connectivity index (χ4n) is 3.61. The molecule has 0 atom stereocenters. The van der Waals surface area contributed by atoms with Crippen LogP contribution in [0, 0.1) is 6.92 Å². The van der Waals surface area contributed by atoms with Crippen LogP contribution in [-0.2, 0) is 26.1 Å². The van der Waals surface area contributed by atoms with Gasteiger partial charge in [-0.3, -0.25) is 14.7 Å². The summed E-state index contributed by atoms with van der Waals surface area (Å²) in [4.78, 5) is 26.4. The van der Waals surface area contributed by atoms with E-state index < -0.39 is 0 Å². The number of anilines is 1. The summed E-state index contributed by atoms with van der Waals surface area (Å²) in [5.41, 5.74) is 10.2. The van der Waals surface area contributed by atoms with Crippen molar-refractivity contribution in [3.8, 4) is 17.1 Å². The minimum atomic E-state index is -0.201. The second-order valence-electron chi connectivity index (χ2n) is 7.28. The van der Waals surface area contributed by atoms with Crippen molar-refractivity contribution in [3.05, 3.63) is 68.9 Å². The predicted octanol–water partition coefficient (Wildman–Crippen LogP) is 1.48. The standard InChI is InChI=1S/C21H23N5O3/c1-12-19(28)16(14(11-27)8-23-12)9-26-7-6-18-17(10-26)21(29)25-20(24-18)13-2-4-15(22)5-3-13/h2-5,8,27-28H,6-7,9-11,22H2,1H3,(H,24,25,29). The van der Waals surface area contributed by atoms with E-state index in [-0.39, 0.29) is 17.9 Å². The Bertz CT molecular complexity index is 1110. The van der Waals surface area contributed by atoms with Gasteiger partial charge in [0.15, 0.2) is 0 Å². The predicted molar refractivity (Wildman–Crippen MR) is 109 cm³/mol. The molecule has 29 heavy (non-hydrogen) atoms. The Balaban J connectivity index is 1.61. The third-order valence-corrected chi connectivity index (χ3v) is 5.31. The Morgan fingerprint density at radius 2 is 2.03 bits per heavy atom. The number of H-pyrrole nitrogens is 1. The molecule has 4 rings (SSSR count). The van der Waals surface area contributed by atoms with Gasteiger partial charge in [-0.15, -0.1) is 0 Å².